The lowest BCUT2D eigenvalue weighted by atomic mass is 10.1. The zero-order chi connectivity index (χ0) is 20.3. The molecule has 0 saturated carbocycles. The second-order valence-corrected chi connectivity index (χ2v) is 6.38. The third-order valence-corrected chi connectivity index (χ3v) is 4.51. The van der Waals surface area contributed by atoms with Gasteiger partial charge in [-0.05, 0) is 23.8 Å². The number of ether oxygens (including phenoxy) is 1. The molecule has 0 bridgehead atoms. The topological polar surface area (TPSA) is 71.2 Å². The summed E-state index contributed by atoms with van der Waals surface area (Å²) in [5.41, 5.74) is -0.00357. The summed E-state index contributed by atoms with van der Waals surface area (Å²) < 4.78 is 46.0. The smallest absolute Gasteiger partial charge is 0.369 e. The zero-order valence-corrected chi connectivity index (χ0v) is 14.8. The number of aromatic nitrogens is 2. The second kappa shape index (κ2) is 7.86. The van der Waals surface area contributed by atoms with Crippen LogP contribution in [0.25, 0.3) is 0 Å². The molecule has 1 amide bonds. The molecule has 0 spiro atoms. The Hall–Kier alpha value is -3.12. The Bertz CT molecular complexity index is 916. The minimum absolute atomic E-state index is 0.0480. The minimum Gasteiger partial charge on any atom is -0.369 e. The predicted octanol–water partition coefficient (Wildman–Crippen LogP) is 2.93. The highest BCUT2D eigenvalue weighted by atomic mass is 19.4. The van der Waals surface area contributed by atoms with Gasteiger partial charge in [-0.3, -0.25) is 9.48 Å². The third kappa shape index (κ3) is 4.23. The van der Waals surface area contributed by atoms with Crippen molar-refractivity contribution in [3.63, 3.8) is 0 Å². The van der Waals surface area contributed by atoms with Crippen LogP contribution in [0.3, 0.4) is 0 Å². The molecule has 6 nitrogen and oxygen atoms in total. The van der Waals surface area contributed by atoms with Crippen molar-refractivity contribution in [2.45, 2.75) is 24.9 Å². The van der Waals surface area contributed by atoms with Gasteiger partial charge in [-0.2, -0.15) is 23.5 Å². The van der Waals surface area contributed by atoms with Gasteiger partial charge in [0.15, 0.2) is 0 Å². The standard InChI is InChI=1S/C19H17F3N4O2/c1-2-18(27)25-10-16(26-9-14(7-23)8-24-26)17(11-25)28-12-13-4-3-5-15(6-13)19(20,21)22/h2-6,8-9,16-17H,1,10-12H2. The summed E-state index contributed by atoms with van der Waals surface area (Å²) in [5.74, 6) is -0.275. The second-order valence-electron chi connectivity index (χ2n) is 6.38. The molecular weight excluding hydrogens is 373 g/mol. The molecule has 1 saturated heterocycles. The first kappa shape index (κ1) is 19.6. The van der Waals surface area contributed by atoms with Gasteiger partial charge in [-0.15, -0.1) is 0 Å². The lowest BCUT2D eigenvalue weighted by Gasteiger charge is -2.19. The van der Waals surface area contributed by atoms with E-state index in [1.807, 2.05) is 6.07 Å². The zero-order valence-electron chi connectivity index (χ0n) is 14.8. The highest BCUT2D eigenvalue weighted by molar-refractivity contribution is 5.87. The lowest BCUT2D eigenvalue weighted by molar-refractivity contribution is -0.137. The molecular formula is C19H17F3N4O2. The summed E-state index contributed by atoms with van der Waals surface area (Å²) in [6, 6.07) is 6.53. The number of amides is 1. The van der Waals surface area contributed by atoms with E-state index < -0.39 is 17.8 Å². The summed E-state index contributed by atoms with van der Waals surface area (Å²) in [7, 11) is 0. The number of likely N-dealkylation sites (tertiary alicyclic amines) is 1. The van der Waals surface area contributed by atoms with Crippen molar-refractivity contribution in [1.29, 1.82) is 5.26 Å². The molecule has 3 rings (SSSR count). The Balaban J connectivity index is 1.77. The molecule has 146 valence electrons. The van der Waals surface area contributed by atoms with E-state index in [0.29, 0.717) is 17.7 Å². The van der Waals surface area contributed by atoms with E-state index in [9.17, 15) is 18.0 Å². The van der Waals surface area contributed by atoms with Crippen LogP contribution in [0.15, 0.2) is 49.3 Å². The molecule has 2 aromatic rings. The van der Waals surface area contributed by atoms with Gasteiger partial charge in [-0.25, -0.2) is 0 Å². The number of carbonyl (C=O) groups is 1. The van der Waals surface area contributed by atoms with Crippen LogP contribution in [-0.2, 0) is 22.3 Å². The largest absolute Gasteiger partial charge is 0.416 e. The van der Waals surface area contributed by atoms with E-state index in [1.54, 1.807) is 16.9 Å². The normalized spacial score (nSPS) is 19.4. The lowest BCUT2D eigenvalue weighted by Crippen LogP contribution is -2.28. The summed E-state index contributed by atoms with van der Waals surface area (Å²) in [6.07, 6.45) is -0.780. The maximum atomic E-state index is 12.9. The molecule has 2 heterocycles. The van der Waals surface area contributed by atoms with Gasteiger partial charge >= 0.3 is 6.18 Å². The Morgan fingerprint density at radius 2 is 2.21 bits per heavy atom. The molecule has 0 radical (unpaired) electrons. The number of hydrogen-bond acceptors (Lipinski definition) is 4. The van der Waals surface area contributed by atoms with Crippen LogP contribution in [0.1, 0.15) is 22.7 Å². The molecule has 28 heavy (non-hydrogen) atoms. The average Bonchev–Trinajstić information content (AvgIpc) is 3.32. The maximum Gasteiger partial charge on any atom is 0.416 e. The number of benzene rings is 1. The van der Waals surface area contributed by atoms with Crippen LogP contribution in [0.2, 0.25) is 0 Å². The fourth-order valence-corrected chi connectivity index (χ4v) is 3.10. The van der Waals surface area contributed by atoms with E-state index in [1.165, 1.54) is 23.2 Å². The monoisotopic (exact) mass is 390 g/mol. The van der Waals surface area contributed by atoms with Crippen molar-refractivity contribution < 1.29 is 22.7 Å². The highest BCUT2D eigenvalue weighted by Crippen LogP contribution is 2.30. The predicted molar refractivity (Wildman–Crippen MR) is 92.8 cm³/mol. The number of hydrogen-bond donors (Lipinski definition) is 0. The molecule has 1 aromatic heterocycles. The van der Waals surface area contributed by atoms with Gasteiger partial charge in [0, 0.05) is 19.3 Å². The summed E-state index contributed by atoms with van der Waals surface area (Å²) in [6.45, 7) is 3.96. The van der Waals surface area contributed by atoms with Crippen molar-refractivity contribution >= 4 is 5.91 Å². The first-order chi connectivity index (χ1) is 13.3. The van der Waals surface area contributed by atoms with Gasteiger partial charge < -0.3 is 9.64 Å². The Kier molecular flexibility index (Phi) is 5.51. The molecule has 1 aliphatic heterocycles. The summed E-state index contributed by atoms with van der Waals surface area (Å²) in [4.78, 5) is 13.5. The molecule has 0 aliphatic carbocycles. The molecule has 9 heteroatoms. The number of nitrogens with zero attached hydrogens (tertiary/aromatic N) is 4. The van der Waals surface area contributed by atoms with Crippen LogP contribution in [-0.4, -0.2) is 39.8 Å². The van der Waals surface area contributed by atoms with E-state index in [2.05, 4.69) is 11.7 Å². The third-order valence-electron chi connectivity index (χ3n) is 4.51. The van der Waals surface area contributed by atoms with E-state index in [0.717, 1.165) is 12.1 Å². The number of halogens is 3. The van der Waals surface area contributed by atoms with E-state index in [-0.39, 0.29) is 25.1 Å². The van der Waals surface area contributed by atoms with Crippen molar-refractivity contribution in [3.8, 4) is 6.07 Å². The molecule has 1 fully saturated rings. The van der Waals surface area contributed by atoms with Crippen LogP contribution in [0.5, 0.6) is 0 Å². The quantitative estimate of drug-likeness (QED) is 0.736. The fourth-order valence-electron chi connectivity index (χ4n) is 3.10. The average molecular weight is 390 g/mol. The fraction of sp³-hybridized carbons (Fsp3) is 0.316. The maximum absolute atomic E-state index is 12.9. The van der Waals surface area contributed by atoms with Crippen molar-refractivity contribution in [2.24, 2.45) is 0 Å². The van der Waals surface area contributed by atoms with Crippen molar-refractivity contribution in [1.82, 2.24) is 14.7 Å². The van der Waals surface area contributed by atoms with Crippen LogP contribution >= 0.6 is 0 Å². The number of carbonyl (C=O) groups excluding carboxylic acids is 1. The number of nitriles is 1. The molecule has 1 aliphatic rings. The van der Waals surface area contributed by atoms with Crippen LogP contribution < -0.4 is 0 Å². The van der Waals surface area contributed by atoms with Gasteiger partial charge in [0.2, 0.25) is 5.91 Å². The Morgan fingerprint density at radius 1 is 1.43 bits per heavy atom. The minimum atomic E-state index is -4.43. The van der Waals surface area contributed by atoms with Gasteiger partial charge in [0.05, 0.1) is 36.1 Å². The highest BCUT2D eigenvalue weighted by Gasteiger charge is 2.37. The Labute approximate surface area is 159 Å². The molecule has 0 N–H and O–H groups in total. The van der Waals surface area contributed by atoms with Crippen LogP contribution in [0.4, 0.5) is 13.2 Å². The number of alkyl halides is 3. The van der Waals surface area contributed by atoms with E-state index >= 15 is 0 Å². The SMILES string of the molecule is C=CC(=O)N1CC(OCc2cccc(C(F)(F)F)c2)C(n2cc(C#N)cn2)C1. The van der Waals surface area contributed by atoms with Gasteiger partial charge in [0.1, 0.15) is 6.07 Å². The molecule has 2 atom stereocenters. The Morgan fingerprint density at radius 3 is 2.86 bits per heavy atom. The molecule has 2 unspecified atom stereocenters. The first-order valence-electron chi connectivity index (χ1n) is 8.45. The van der Waals surface area contributed by atoms with E-state index in [4.69, 9.17) is 10.00 Å². The number of rotatable bonds is 5. The molecule has 1 aromatic carbocycles. The summed E-state index contributed by atoms with van der Waals surface area (Å²) in [5, 5.41) is 13.1. The van der Waals surface area contributed by atoms with Crippen molar-refractivity contribution in [2.75, 3.05) is 13.1 Å². The summed E-state index contributed by atoms with van der Waals surface area (Å²) >= 11 is 0. The first-order valence-corrected chi connectivity index (χ1v) is 8.45. The van der Waals surface area contributed by atoms with Crippen LogP contribution in [0, 0.1) is 11.3 Å². The van der Waals surface area contributed by atoms with Gasteiger partial charge in [-0.1, -0.05) is 18.7 Å². The van der Waals surface area contributed by atoms with Gasteiger partial charge in [0.25, 0.3) is 0 Å². The van der Waals surface area contributed by atoms with Crippen molar-refractivity contribution in [3.05, 3.63) is 66.0 Å².